The molecule has 0 radical (unpaired) electrons. The van der Waals surface area contributed by atoms with Gasteiger partial charge in [0.25, 0.3) is 5.91 Å². The third kappa shape index (κ3) is 3.06. The Labute approximate surface area is 115 Å². The van der Waals surface area contributed by atoms with Crippen molar-refractivity contribution in [3.05, 3.63) is 23.9 Å². The van der Waals surface area contributed by atoms with E-state index in [9.17, 15) is 4.79 Å². The molecule has 104 valence electrons. The minimum Gasteiger partial charge on any atom is -0.383 e. The first-order valence-corrected chi connectivity index (χ1v) is 6.89. The zero-order valence-corrected chi connectivity index (χ0v) is 12.0. The normalized spacial score (nSPS) is 17.5. The summed E-state index contributed by atoms with van der Waals surface area (Å²) in [5.74, 6) is 1.02. The number of nitrogens with zero attached hydrogens (tertiary/aromatic N) is 2. The van der Waals surface area contributed by atoms with Gasteiger partial charge in [0.2, 0.25) is 0 Å². The number of piperidine rings is 1. The van der Waals surface area contributed by atoms with Gasteiger partial charge in [-0.05, 0) is 36.3 Å². The first-order valence-electron chi connectivity index (χ1n) is 6.89. The first kappa shape index (κ1) is 13.8. The second-order valence-electron chi connectivity index (χ2n) is 6.37. The fourth-order valence-electron chi connectivity index (χ4n) is 2.72. The van der Waals surface area contributed by atoms with E-state index in [4.69, 9.17) is 5.73 Å². The van der Waals surface area contributed by atoms with Crippen LogP contribution in [0, 0.1) is 11.3 Å². The van der Waals surface area contributed by atoms with Crippen molar-refractivity contribution in [3.8, 4) is 0 Å². The van der Waals surface area contributed by atoms with Gasteiger partial charge in [0.1, 0.15) is 5.82 Å². The second kappa shape index (κ2) is 5.19. The molecule has 2 heterocycles. The van der Waals surface area contributed by atoms with Crippen LogP contribution in [0.25, 0.3) is 0 Å². The van der Waals surface area contributed by atoms with E-state index < -0.39 is 0 Å². The van der Waals surface area contributed by atoms with Crippen LogP contribution in [0.1, 0.15) is 44.0 Å². The van der Waals surface area contributed by atoms with Gasteiger partial charge in [0.05, 0.1) is 5.56 Å². The van der Waals surface area contributed by atoms with Crippen LogP contribution in [0.3, 0.4) is 0 Å². The summed E-state index contributed by atoms with van der Waals surface area (Å²) >= 11 is 0. The topological polar surface area (TPSA) is 59.2 Å². The monoisotopic (exact) mass is 261 g/mol. The summed E-state index contributed by atoms with van der Waals surface area (Å²) in [5.41, 5.74) is 6.61. The van der Waals surface area contributed by atoms with E-state index in [2.05, 4.69) is 25.8 Å². The van der Waals surface area contributed by atoms with E-state index in [1.165, 1.54) is 0 Å². The molecule has 0 unspecified atom stereocenters. The van der Waals surface area contributed by atoms with Crippen LogP contribution in [0.2, 0.25) is 0 Å². The van der Waals surface area contributed by atoms with Crippen LogP contribution in [-0.2, 0) is 0 Å². The highest BCUT2D eigenvalue weighted by Crippen LogP contribution is 2.34. The van der Waals surface area contributed by atoms with Crippen LogP contribution >= 0.6 is 0 Å². The summed E-state index contributed by atoms with van der Waals surface area (Å²) in [5, 5.41) is 0. The minimum absolute atomic E-state index is 0.0120. The Morgan fingerprint density at radius 1 is 1.37 bits per heavy atom. The Hall–Kier alpha value is -1.58. The smallest absolute Gasteiger partial charge is 0.257 e. The van der Waals surface area contributed by atoms with Crippen molar-refractivity contribution in [2.24, 2.45) is 11.3 Å². The van der Waals surface area contributed by atoms with Crippen LogP contribution in [0.15, 0.2) is 18.3 Å². The molecule has 1 saturated heterocycles. The highest BCUT2D eigenvalue weighted by atomic mass is 16.2. The van der Waals surface area contributed by atoms with Gasteiger partial charge in [-0.3, -0.25) is 4.79 Å². The molecule has 1 fully saturated rings. The van der Waals surface area contributed by atoms with Crippen LogP contribution in [0.5, 0.6) is 0 Å². The van der Waals surface area contributed by atoms with Crippen molar-refractivity contribution in [1.82, 2.24) is 9.88 Å². The van der Waals surface area contributed by atoms with E-state index >= 15 is 0 Å². The quantitative estimate of drug-likeness (QED) is 0.845. The predicted molar refractivity (Wildman–Crippen MR) is 76.7 cm³/mol. The highest BCUT2D eigenvalue weighted by Gasteiger charge is 2.31. The lowest BCUT2D eigenvalue weighted by Gasteiger charge is -2.38. The van der Waals surface area contributed by atoms with Crippen molar-refractivity contribution in [1.29, 1.82) is 0 Å². The zero-order chi connectivity index (χ0) is 14.0. The zero-order valence-electron chi connectivity index (χ0n) is 12.0. The maximum atomic E-state index is 12.4. The van der Waals surface area contributed by atoms with E-state index in [0.29, 0.717) is 22.7 Å². The Bertz CT molecular complexity index is 457. The van der Waals surface area contributed by atoms with Crippen LogP contribution < -0.4 is 5.73 Å². The van der Waals surface area contributed by atoms with E-state index in [1.807, 2.05) is 4.90 Å². The number of carbonyl (C=O) groups is 1. The summed E-state index contributed by atoms with van der Waals surface area (Å²) in [6.45, 7) is 8.45. The molecule has 4 nitrogen and oxygen atoms in total. The van der Waals surface area contributed by atoms with Gasteiger partial charge in [-0.2, -0.15) is 0 Å². The lowest BCUT2D eigenvalue weighted by molar-refractivity contribution is 0.0609. The molecule has 4 heteroatoms. The Kier molecular flexibility index (Phi) is 3.78. The maximum Gasteiger partial charge on any atom is 0.257 e. The number of anilines is 1. The van der Waals surface area contributed by atoms with Gasteiger partial charge in [-0.25, -0.2) is 4.98 Å². The second-order valence-corrected chi connectivity index (χ2v) is 6.37. The predicted octanol–water partition coefficient (Wildman–Crippen LogP) is 2.56. The highest BCUT2D eigenvalue weighted by molar-refractivity contribution is 5.98. The number of amides is 1. The Morgan fingerprint density at radius 2 is 2.00 bits per heavy atom. The van der Waals surface area contributed by atoms with Gasteiger partial charge in [-0.15, -0.1) is 0 Å². The maximum absolute atomic E-state index is 12.4. The molecule has 0 aromatic carbocycles. The fourth-order valence-corrected chi connectivity index (χ4v) is 2.72. The summed E-state index contributed by atoms with van der Waals surface area (Å²) < 4.78 is 0. The number of nitrogens with two attached hydrogens (primary N) is 1. The Balaban J connectivity index is 2.03. The van der Waals surface area contributed by atoms with E-state index in [1.54, 1.807) is 18.3 Å². The molecule has 2 rings (SSSR count). The van der Waals surface area contributed by atoms with Crippen molar-refractivity contribution in [2.45, 2.75) is 33.6 Å². The number of hydrogen-bond donors (Lipinski definition) is 1. The van der Waals surface area contributed by atoms with Crippen molar-refractivity contribution in [3.63, 3.8) is 0 Å². The molecule has 1 aliphatic rings. The van der Waals surface area contributed by atoms with E-state index in [0.717, 1.165) is 25.9 Å². The lowest BCUT2D eigenvalue weighted by Crippen LogP contribution is -2.41. The van der Waals surface area contributed by atoms with Crippen LogP contribution in [-0.4, -0.2) is 28.9 Å². The molecule has 1 aromatic heterocycles. The third-order valence-corrected chi connectivity index (χ3v) is 4.08. The van der Waals surface area contributed by atoms with Gasteiger partial charge in [0, 0.05) is 19.3 Å². The molecule has 1 aromatic rings. The molecule has 0 spiro atoms. The van der Waals surface area contributed by atoms with Crippen LogP contribution in [0.4, 0.5) is 5.82 Å². The average Bonchev–Trinajstić information content (AvgIpc) is 2.38. The molecule has 0 aliphatic carbocycles. The number of likely N-dealkylation sites (tertiary alicyclic amines) is 1. The number of aromatic nitrogens is 1. The standard InChI is InChI=1S/C15H23N3O/c1-15(2,3)11-6-9-18(10-7-11)14(19)12-5-4-8-17-13(12)16/h4-5,8,11H,6-7,9-10H2,1-3H3,(H2,16,17). The van der Waals surface area contributed by atoms with Crippen molar-refractivity contribution >= 4 is 11.7 Å². The lowest BCUT2D eigenvalue weighted by atomic mass is 9.75. The van der Waals surface area contributed by atoms with Gasteiger partial charge >= 0.3 is 0 Å². The Morgan fingerprint density at radius 3 is 2.53 bits per heavy atom. The fraction of sp³-hybridized carbons (Fsp3) is 0.600. The van der Waals surface area contributed by atoms with Crippen molar-refractivity contribution in [2.75, 3.05) is 18.8 Å². The molecule has 0 saturated carbocycles. The van der Waals surface area contributed by atoms with E-state index in [-0.39, 0.29) is 5.91 Å². The molecule has 0 atom stereocenters. The number of carbonyl (C=O) groups excluding carboxylic acids is 1. The molecular formula is C15H23N3O. The largest absolute Gasteiger partial charge is 0.383 e. The minimum atomic E-state index is 0.0120. The van der Waals surface area contributed by atoms with Gasteiger partial charge in [-0.1, -0.05) is 20.8 Å². The van der Waals surface area contributed by atoms with Crippen molar-refractivity contribution < 1.29 is 4.79 Å². The molecule has 0 bridgehead atoms. The summed E-state index contributed by atoms with van der Waals surface area (Å²) in [6.07, 6.45) is 3.74. The number of nitrogen functional groups attached to an aromatic ring is 1. The summed E-state index contributed by atoms with van der Waals surface area (Å²) in [7, 11) is 0. The number of pyridine rings is 1. The number of hydrogen-bond acceptors (Lipinski definition) is 3. The van der Waals surface area contributed by atoms with Gasteiger partial charge < -0.3 is 10.6 Å². The molecule has 2 N–H and O–H groups in total. The third-order valence-electron chi connectivity index (χ3n) is 4.08. The first-order chi connectivity index (χ1) is 8.89. The number of rotatable bonds is 1. The summed E-state index contributed by atoms with van der Waals surface area (Å²) in [4.78, 5) is 18.3. The molecular weight excluding hydrogens is 238 g/mol. The molecule has 19 heavy (non-hydrogen) atoms. The van der Waals surface area contributed by atoms with Gasteiger partial charge in [0.15, 0.2) is 0 Å². The average molecular weight is 261 g/mol. The molecule has 1 amide bonds. The molecule has 1 aliphatic heterocycles. The SMILES string of the molecule is CC(C)(C)C1CCN(C(=O)c2cccnc2N)CC1. The summed E-state index contributed by atoms with van der Waals surface area (Å²) in [6, 6.07) is 3.51.